The van der Waals surface area contributed by atoms with Gasteiger partial charge in [-0.15, -0.1) is 0 Å². The van der Waals surface area contributed by atoms with Gasteiger partial charge in [0.05, 0.1) is 6.04 Å². The number of amides is 1. The van der Waals surface area contributed by atoms with Crippen molar-refractivity contribution in [3.8, 4) is 0 Å². The van der Waals surface area contributed by atoms with Crippen LogP contribution in [0.2, 0.25) is 0 Å². The van der Waals surface area contributed by atoms with Crippen LogP contribution >= 0.6 is 0 Å². The van der Waals surface area contributed by atoms with Gasteiger partial charge in [0, 0.05) is 0 Å². The molecule has 0 aromatic heterocycles. The minimum absolute atomic E-state index is 0.0929. The Morgan fingerprint density at radius 2 is 2.06 bits per heavy atom. The van der Waals surface area contributed by atoms with E-state index >= 15 is 0 Å². The lowest BCUT2D eigenvalue weighted by molar-refractivity contribution is -0.148. The summed E-state index contributed by atoms with van der Waals surface area (Å²) >= 11 is 0. The van der Waals surface area contributed by atoms with E-state index in [1.165, 1.54) is 0 Å². The Hall–Kier alpha value is -1.10. The lowest BCUT2D eigenvalue weighted by Gasteiger charge is -2.27. The number of hydrogen-bond donors (Lipinski definition) is 3. The van der Waals surface area contributed by atoms with Gasteiger partial charge in [0.1, 0.15) is 5.54 Å². The molecule has 2 aliphatic rings. The lowest BCUT2D eigenvalue weighted by Crippen LogP contribution is -2.57. The molecular formula is C11H18N2O3. The maximum absolute atomic E-state index is 11.9. The zero-order valence-corrected chi connectivity index (χ0v) is 9.45. The number of nitrogens with one attached hydrogen (secondary N) is 2. The van der Waals surface area contributed by atoms with Crippen LogP contribution in [0.25, 0.3) is 0 Å². The van der Waals surface area contributed by atoms with E-state index in [0.717, 1.165) is 32.2 Å². The van der Waals surface area contributed by atoms with Crippen molar-refractivity contribution >= 4 is 11.9 Å². The van der Waals surface area contributed by atoms with Gasteiger partial charge < -0.3 is 15.7 Å². The SMILES string of the molecule is CC(NC(=O)C1CCCN1)(C(=O)O)C1CC1. The van der Waals surface area contributed by atoms with Gasteiger partial charge >= 0.3 is 5.97 Å². The Morgan fingerprint density at radius 3 is 2.50 bits per heavy atom. The first kappa shape index (κ1) is 11.4. The van der Waals surface area contributed by atoms with E-state index in [1.807, 2.05) is 0 Å². The number of carboxylic acids is 1. The largest absolute Gasteiger partial charge is 0.480 e. The molecule has 2 atom stereocenters. The second-order valence-electron chi connectivity index (χ2n) is 4.92. The molecule has 3 N–H and O–H groups in total. The molecule has 1 saturated carbocycles. The number of carbonyl (C=O) groups is 2. The fraction of sp³-hybridized carbons (Fsp3) is 0.818. The molecule has 0 aromatic rings. The molecule has 1 amide bonds. The summed E-state index contributed by atoms with van der Waals surface area (Å²) < 4.78 is 0. The van der Waals surface area contributed by atoms with Crippen molar-refractivity contribution in [2.24, 2.45) is 5.92 Å². The molecule has 1 aliphatic heterocycles. The average molecular weight is 226 g/mol. The molecule has 1 aliphatic carbocycles. The number of rotatable bonds is 4. The van der Waals surface area contributed by atoms with Crippen molar-refractivity contribution in [3.63, 3.8) is 0 Å². The van der Waals surface area contributed by atoms with E-state index in [9.17, 15) is 14.7 Å². The number of carbonyl (C=O) groups excluding carboxylic acids is 1. The lowest BCUT2D eigenvalue weighted by atomic mass is 9.95. The van der Waals surface area contributed by atoms with E-state index in [1.54, 1.807) is 6.92 Å². The second kappa shape index (κ2) is 4.05. The highest BCUT2D eigenvalue weighted by molar-refractivity contribution is 5.90. The third-order valence-electron chi connectivity index (χ3n) is 3.60. The highest BCUT2D eigenvalue weighted by Crippen LogP contribution is 2.39. The summed E-state index contributed by atoms with van der Waals surface area (Å²) in [5.41, 5.74) is -1.08. The van der Waals surface area contributed by atoms with Gasteiger partial charge in [-0.25, -0.2) is 4.79 Å². The van der Waals surface area contributed by atoms with Gasteiger partial charge in [-0.2, -0.15) is 0 Å². The summed E-state index contributed by atoms with van der Waals surface area (Å²) in [5, 5.41) is 15.0. The first-order valence-corrected chi connectivity index (χ1v) is 5.83. The van der Waals surface area contributed by atoms with Crippen LogP contribution in [0, 0.1) is 5.92 Å². The maximum atomic E-state index is 11.9. The van der Waals surface area contributed by atoms with E-state index in [0.29, 0.717) is 0 Å². The third kappa shape index (κ3) is 2.04. The summed E-state index contributed by atoms with van der Waals surface area (Å²) in [5.74, 6) is -1.01. The summed E-state index contributed by atoms with van der Waals surface area (Å²) in [6.45, 7) is 2.45. The monoisotopic (exact) mass is 226 g/mol. The van der Waals surface area contributed by atoms with E-state index in [4.69, 9.17) is 0 Å². The van der Waals surface area contributed by atoms with E-state index in [2.05, 4.69) is 10.6 Å². The quantitative estimate of drug-likeness (QED) is 0.635. The highest BCUT2D eigenvalue weighted by Gasteiger charge is 2.49. The van der Waals surface area contributed by atoms with Gasteiger partial charge in [0.25, 0.3) is 0 Å². The highest BCUT2D eigenvalue weighted by atomic mass is 16.4. The minimum atomic E-state index is -1.08. The molecule has 0 bridgehead atoms. The number of carboxylic acid groups (broad SMARTS) is 1. The van der Waals surface area contributed by atoms with Crippen molar-refractivity contribution in [3.05, 3.63) is 0 Å². The molecule has 1 heterocycles. The van der Waals surface area contributed by atoms with E-state index < -0.39 is 11.5 Å². The predicted octanol–water partition coefficient (Wildman–Crippen LogP) is 0.108. The average Bonchev–Trinajstić information content (AvgIpc) is 2.94. The minimum Gasteiger partial charge on any atom is -0.480 e. The second-order valence-corrected chi connectivity index (χ2v) is 4.92. The molecular weight excluding hydrogens is 208 g/mol. The fourth-order valence-corrected chi connectivity index (χ4v) is 2.24. The molecule has 0 spiro atoms. The van der Waals surface area contributed by atoms with Gasteiger partial charge in [-0.05, 0) is 45.1 Å². The molecule has 2 rings (SSSR count). The Labute approximate surface area is 94.6 Å². The topological polar surface area (TPSA) is 78.4 Å². The Morgan fingerprint density at radius 1 is 1.38 bits per heavy atom. The van der Waals surface area contributed by atoms with Crippen molar-refractivity contribution < 1.29 is 14.7 Å². The number of hydrogen-bond acceptors (Lipinski definition) is 3. The van der Waals surface area contributed by atoms with Gasteiger partial charge in [0.2, 0.25) is 5.91 Å². The zero-order chi connectivity index (χ0) is 11.8. The summed E-state index contributed by atoms with van der Waals surface area (Å²) in [6.07, 6.45) is 3.56. The van der Waals surface area contributed by atoms with Gasteiger partial charge in [0.15, 0.2) is 0 Å². The zero-order valence-electron chi connectivity index (χ0n) is 9.45. The molecule has 2 unspecified atom stereocenters. The summed E-state index contributed by atoms with van der Waals surface area (Å²) in [6, 6.07) is -0.211. The van der Waals surface area contributed by atoms with Crippen LogP contribution in [-0.4, -0.2) is 35.1 Å². The van der Waals surface area contributed by atoms with Crippen molar-refractivity contribution in [2.45, 2.75) is 44.2 Å². The van der Waals surface area contributed by atoms with Crippen LogP contribution in [0.4, 0.5) is 0 Å². The van der Waals surface area contributed by atoms with E-state index in [-0.39, 0.29) is 17.9 Å². The van der Waals surface area contributed by atoms with Crippen molar-refractivity contribution in [1.82, 2.24) is 10.6 Å². The van der Waals surface area contributed by atoms with Crippen molar-refractivity contribution in [1.29, 1.82) is 0 Å². The van der Waals surface area contributed by atoms with Crippen LogP contribution in [-0.2, 0) is 9.59 Å². The Kier molecular flexibility index (Phi) is 2.88. The fourth-order valence-electron chi connectivity index (χ4n) is 2.24. The van der Waals surface area contributed by atoms with Gasteiger partial charge in [-0.1, -0.05) is 0 Å². The van der Waals surface area contributed by atoms with Crippen LogP contribution in [0.1, 0.15) is 32.6 Å². The van der Waals surface area contributed by atoms with Crippen LogP contribution in [0.3, 0.4) is 0 Å². The van der Waals surface area contributed by atoms with Crippen molar-refractivity contribution in [2.75, 3.05) is 6.54 Å². The molecule has 5 nitrogen and oxygen atoms in total. The normalized spacial score (nSPS) is 28.4. The molecule has 0 aromatic carbocycles. The molecule has 2 fully saturated rings. The first-order valence-electron chi connectivity index (χ1n) is 5.83. The molecule has 90 valence electrons. The summed E-state index contributed by atoms with van der Waals surface area (Å²) in [4.78, 5) is 23.1. The Balaban J connectivity index is 2.00. The smallest absolute Gasteiger partial charge is 0.329 e. The Bertz CT molecular complexity index is 308. The molecule has 5 heteroatoms. The standard InChI is InChI=1S/C11H18N2O3/c1-11(10(15)16,7-4-5-7)13-9(14)8-3-2-6-12-8/h7-8,12H,2-6H2,1H3,(H,13,14)(H,15,16). The van der Waals surface area contributed by atoms with Crippen LogP contribution < -0.4 is 10.6 Å². The van der Waals surface area contributed by atoms with Gasteiger partial charge in [-0.3, -0.25) is 4.79 Å². The predicted molar refractivity (Wildman–Crippen MR) is 57.9 cm³/mol. The third-order valence-corrected chi connectivity index (χ3v) is 3.60. The van der Waals surface area contributed by atoms with Crippen LogP contribution in [0.15, 0.2) is 0 Å². The number of aliphatic carboxylic acids is 1. The maximum Gasteiger partial charge on any atom is 0.329 e. The molecule has 1 saturated heterocycles. The molecule has 16 heavy (non-hydrogen) atoms. The van der Waals surface area contributed by atoms with Crippen LogP contribution in [0.5, 0.6) is 0 Å². The first-order chi connectivity index (χ1) is 7.54. The summed E-state index contributed by atoms with van der Waals surface area (Å²) in [7, 11) is 0. The molecule has 0 radical (unpaired) electrons.